The third-order valence-corrected chi connectivity index (χ3v) is 3.26. The van der Waals surface area contributed by atoms with Crippen molar-refractivity contribution in [3.05, 3.63) is 66.0 Å². The average molecular weight is 333 g/mol. The van der Waals surface area contributed by atoms with Crippen molar-refractivity contribution >= 4 is 0 Å². The Morgan fingerprint density at radius 2 is 1.67 bits per heavy atom. The summed E-state index contributed by atoms with van der Waals surface area (Å²) in [4.78, 5) is 3.86. The Hall–Kier alpha value is -2.83. The van der Waals surface area contributed by atoms with Gasteiger partial charge in [-0.2, -0.15) is 18.3 Å². The van der Waals surface area contributed by atoms with Crippen LogP contribution < -0.4 is 4.74 Å². The lowest BCUT2D eigenvalue weighted by atomic mass is 10.2. The first-order valence-corrected chi connectivity index (χ1v) is 7.25. The maximum Gasteiger partial charge on any atom is 0.396 e. The van der Waals surface area contributed by atoms with Gasteiger partial charge >= 0.3 is 6.18 Å². The van der Waals surface area contributed by atoms with Crippen LogP contribution in [0.5, 0.6) is 5.75 Å². The molecule has 0 amide bonds. The number of benzene rings is 2. The highest BCUT2D eigenvalue weighted by atomic mass is 19.4. The summed E-state index contributed by atoms with van der Waals surface area (Å²) >= 11 is 0. The van der Waals surface area contributed by atoms with Gasteiger partial charge in [-0.1, -0.05) is 30.3 Å². The van der Waals surface area contributed by atoms with Crippen LogP contribution in [0.4, 0.5) is 13.2 Å². The fraction of sp³-hybridized carbons (Fsp3) is 0.176. The zero-order valence-electron chi connectivity index (χ0n) is 12.5. The van der Waals surface area contributed by atoms with Gasteiger partial charge in [0.1, 0.15) is 24.6 Å². The molecule has 0 radical (unpaired) electrons. The first-order chi connectivity index (χ1) is 11.5. The van der Waals surface area contributed by atoms with Crippen LogP contribution in [-0.2, 0) is 13.0 Å². The minimum absolute atomic E-state index is 0.207. The van der Waals surface area contributed by atoms with Crippen LogP contribution in [0.1, 0.15) is 11.4 Å². The fourth-order valence-corrected chi connectivity index (χ4v) is 2.13. The maximum atomic E-state index is 12.3. The summed E-state index contributed by atoms with van der Waals surface area (Å²) in [5, 5.41) is 6.13. The molecule has 3 rings (SSSR count). The second-order valence-corrected chi connectivity index (χ2v) is 5.20. The van der Waals surface area contributed by atoms with E-state index < -0.39 is 12.6 Å². The molecule has 0 aliphatic heterocycles. The van der Waals surface area contributed by atoms with Gasteiger partial charge in [0.15, 0.2) is 5.82 Å². The topological polar surface area (TPSA) is 50.8 Å². The largest absolute Gasteiger partial charge is 0.489 e. The summed E-state index contributed by atoms with van der Waals surface area (Å²) in [6.45, 7) is 0.441. The van der Waals surface area contributed by atoms with Crippen molar-refractivity contribution in [2.45, 2.75) is 19.2 Å². The third kappa shape index (κ3) is 4.34. The number of halogens is 3. The van der Waals surface area contributed by atoms with Gasteiger partial charge in [0.2, 0.25) is 0 Å². The third-order valence-electron chi connectivity index (χ3n) is 3.26. The molecule has 0 saturated carbocycles. The second kappa shape index (κ2) is 6.74. The zero-order valence-corrected chi connectivity index (χ0v) is 12.5. The lowest BCUT2D eigenvalue weighted by Gasteiger charge is -2.06. The van der Waals surface area contributed by atoms with E-state index in [0.29, 0.717) is 17.9 Å². The summed E-state index contributed by atoms with van der Waals surface area (Å²) in [6, 6.07) is 16.6. The summed E-state index contributed by atoms with van der Waals surface area (Å²) in [5.41, 5.74) is 1.67. The van der Waals surface area contributed by atoms with Gasteiger partial charge in [-0.05, 0) is 29.8 Å². The molecule has 2 aromatic carbocycles. The van der Waals surface area contributed by atoms with E-state index in [4.69, 9.17) is 4.74 Å². The molecule has 0 bridgehead atoms. The molecule has 1 aromatic heterocycles. The van der Waals surface area contributed by atoms with Gasteiger partial charge in [0.25, 0.3) is 0 Å². The van der Waals surface area contributed by atoms with Gasteiger partial charge in [-0.25, -0.2) is 4.98 Å². The number of nitrogens with zero attached hydrogens (tertiary/aromatic N) is 2. The smallest absolute Gasteiger partial charge is 0.396 e. The Bertz CT molecular complexity index is 783. The Labute approximate surface area is 136 Å². The molecular weight excluding hydrogens is 319 g/mol. The number of nitrogens with one attached hydrogen (secondary N) is 1. The normalized spacial score (nSPS) is 11.5. The number of hydrogen-bond acceptors (Lipinski definition) is 3. The van der Waals surface area contributed by atoms with E-state index in [1.165, 1.54) is 0 Å². The molecular formula is C17H14F3N3O. The number of aromatic nitrogens is 3. The lowest BCUT2D eigenvalue weighted by molar-refractivity contribution is -0.128. The molecule has 124 valence electrons. The fourth-order valence-electron chi connectivity index (χ4n) is 2.13. The van der Waals surface area contributed by atoms with E-state index in [1.54, 1.807) is 24.3 Å². The van der Waals surface area contributed by atoms with Gasteiger partial charge in [0, 0.05) is 5.56 Å². The summed E-state index contributed by atoms with van der Waals surface area (Å²) in [5.74, 6) is 0.680. The highest BCUT2D eigenvalue weighted by molar-refractivity contribution is 5.55. The van der Waals surface area contributed by atoms with Crippen LogP contribution in [0, 0.1) is 0 Å². The van der Waals surface area contributed by atoms with Crippen molar-refractivity contribution in [3.8, 4) is 17.1 Å². The van der Waals surface area contributed by atoms with Crippen molar-refractivity contribution in [3.63, 3.8) is 0 Å². The first kappa shape index (κ1) is 16.0. The first-order valence-electron chi connectivity index (χ1n) is 7.25. The number of ether oxygens (including phenoxy) is 1. The predicted molar refractivity (Wildman–Crippen MR) is 82.4 cm³/mol. The van der Waals surface area contributed by atoms with Crippen molar-refractivity contribution in [2.24, 2.45) is 0 Å². The summed E-state index contributed by atoms with van der Waals surface area (Å²) < 4.78 is 42.6. The molecule has 3 aromatic rings. The zero-order chi connectivity index (χ0) is 17.0. The molecule has 1 heterocycles. The van der Waals surface area contributed by atoms with Crippen LogP contribution in [0.2, 0.25) is 0 Å². The average Bonchev–Trinajstić information content (AvgIpc) is 3.01. The SMILES string of the molecule is FC(F)(F)Cc1nc(-c2ccc(OCc3ccccc3)cc2)n[nH]1. The molecule has 0 atom stereocenters. The number of aromatic amines is 1. The molecule has 1 N–H and O–H groups in total. The van der Waals surface area contributed by atoms with E-state index in [1.807, 2.05) is 30.3 Å². The van der Waals surface area contributed by atoms with E-state index in [2.05, 4.69) is 15.2 Å². The molecule has 24 heavy (non-hydrogen) atoms. The summed E-state index contributed by atoms with van der Waals surface area (Å²) in [7, 11) is 0. The van der Waals surface area contributed by atoms with Crippen molar-refractivity contribution in [2.75, 3.05) is 0 Å². The van der Waals surface area contributed by atoms with E-state index in [9.17, 15) is 13.2 Å². The Morgan fingerprint density at radius 3 is 2.33 bits per heavy atom. The van der Waals surface area contributed by atoms with Crippen molar-refractivity contribution in [1.82, 2.24) is 15.2 Å². The highest BCUT2D eigenvalue weighted by Gasteiger charge is 2.29. The number of rotatable bonds is 5. The van der Waals surface area contributed by atoms with Crippen LogP contribution in [0.25, 0.3) is 11.4 Å². The Morgan fingerprint density at radius 1 is 0.958 bits per heavy atom. The Kier molecular flexibility index (Phi) is 4.50. The molecule has 7 heteroatoms. The quantitative estimate of drug-likeness (QED) is 0.763. The van der Waals surface area contributed by atoms with Gasteiger partial charge < -0.3 is 4.74 Å². The number of H-pyrrole nitrogens is 1. The van der Waals surface area contributed by atoms with Crippen LogP contribution in [0.3, 0.4) is 0 Å². The highest BCUT2D eigenvalue weighted by Crippen LogP contribution is 2.23. The number of alkyl halides is 3. The molecule has 0 unspecified atom stereocenters. The van der Waals surface area contributed by atoms with Gasteiger partial charge in [-0.3, -0.25) is 5.10 Å². The predicted octanol–water partition coefficient (Wildman–Crippen LogP) is 4.16. The molecule has 0 aliphatic rings. The number of hydrogen-bond donors (Lipinski definition) is 1. The van der Waals surface area contributed by atoms with Crippen LogP contribution in [-0.4, -0.2) is 21.4 Å². The minimum Gasteiger partial charge on any atom is -0.489 e. The molecule has 0 fully saturated rings. The molecule has 0 spiro atoms. The lowest BCUT2D eigenvalue weighted by Crippen LogP contribution is -2.12. The van der Waals surface area contributed by atoms with Crippen molar-refractivity contribution in [1.29, 1.82) is 0 Å². The second-order valence-electron chi connectivity index (χ2n) is 5.20. The Balaban J connectivity index is 1.64. The van der Waals surface area contributed by atoms with Crippen molar-refractivity contribution < 1.29 is 17.9 Å². The molecule has 4 nitrogen and oxygen atoms in total. The van der Waals surface area contributed by atoms with E-state index in [-0.39, 0.29) is 11.6 Å². The van der Waals surface area contributed by atoms with E-state index in [0.717, 1.165) is 5.56 Å². The maximum absolute atomic E-state index is 12.3. The van der Waals surface area contributed by atoms with Gasteiger partial charge in [0.05, 0.1) is 0 Å². The van der Waals surface area contributed by atoms with Gasteiger partial charge in [-0.15, -0.1) is 0 Å². The van der Waals surface area contributed by atoms with E-state index >= 15 is 0 Å². The standard InChI is InChI=1S/C17H14F3N3O/c18-17(19,20)10-15-21-16(23-22-15)13-6-8-14(9-7-13)24-11-12-4-2-1-3-5-12/h1-9H,10-11H2,(H,21,22,23). The minimum atomic E-state index is -4.31. The van der Waals surface area contributed by atoms with Crippen LogP contribution >= 0.6 is 0 Å². The molecule has 0 aliphatic carbocycles. The summed E-state index contributed by atoms with van der Waals surface area (Å²) in [6.07, 6.45) is -5.44. The molecule has 0 saturated heterocycles. The van der Waals surface area contributed by atoms with Crippen LogP contribution in [0.15, 0.2) is 54.6 Å². The monoisotopic (exact) mass is 333 g/mol.